The lowest BCUT2D eigenvalue weighted by Gasteiger charge is -2.42. The maximum absolute atomic E-state index is 9.80. The van der Waals surface area contributed by atoms with Crippen LogP contribution in [0.25, 0.3) is 0 Å². The van der Waals surface area contributed by atoms with Crippen molar-refractivity contribution < 1.29 is 0 Å². The average Bonchev–Trinajstić information content (AvgIpc) is 2.42. The summed E-state index contributed by atoms with van der Waals surface area (Å²) in [4.78, 5) is 2.14. The fourth-order valence-corrected chi connectivity index (χ4v) is 3.05. The van der Waals surface area contributed by atoms with Crippen LogP contribution in [0.5, 0.6) is 0 Å². The number of benzene rings is 1. The molecule has 0 aliphatic heterocycles. The molecule has 1 atom stereocenters. The van der Waals surface area contributed by atoms with E-state index in [1.807, 2.05) is 6.07 Å². The van der Waals surface area contributed by atoms with E-state index in [-0.39, 0.29) is 5.41 Å². The number of hydrogen-bond donors (Lipinski definition) is 1. The Morgan fingerprint density at radius 3 is 2.45 bits per heavy atom. The third-order valence-electron chi connectivity index (χ3n) is 4.42. The summed E-state index contributed by atoms with van der Waals surface area (Å²) in [6, 6.07) is 11.0. The van der Waals surface area contributed by atoms with Crippen LogP contribution in [0.15, 0.2) is 24.3 Å². The molecule has 0 heterocycles. The molecular formula is C17H25N3. The third kappa shape index (κ3) is 2.72. The van der Waals surface area contributed by atoms with Crippen LogP contribution in [0.2, 0.25) is 0 Å². The fourth-order valence-electron chi connectivity index (χ4n) is 3.05. The lowest BCUT2D eigenvalue weighted by atomic mass is 9.66. The number of rotatable bonds is 4. The first-order valence-corrected chi connectivity index (χ1v) is 7.32. The molecule has 2 rings (SSSR count). The first-order chi connectivity index (χ1) is 9.41. The van der Waals surface area contributed by atoms with Crippen LogP contribution in [0, 0.1) is 11.3 Å². The molecule has 1 aliphatic carbocycles. The second kappa shape index (κ2) is 5.55. The van der Waals surface area contributed by atoms with E-state index in [0.717, 1.165) is 31.5 Å². The van der Waals surface area contributed by atoms with Crippen LogP contribution in [0.3, 0.4) is 0 Å². The molecule has 0 bridgehead atoms. The zero-order chi connectivity index (χ0) is 14.8. The number of nitrogens with one attached hydrogen (secondary N) is 1. The van der Waals surface area contributed by atoms with Gasteiger partial charge in [0, 0.05) is 13.1 Å². The van der Waals surface area contributed by atoms with Crippen molar-refractivity contribution in [2.75, 3.05) is 27.2 Å². The van der Waals surface area contributed by atoms with Gasteiger partial charge in [-0.15, -0.1) is 0 Å². The van der Waals surface area contributed by atoms with Crippen molar-refractivity contribution in [1.29, 1.82) is 5.26 Å². The number of fused-ring (bicyclic) bond motifs is 1. The number of likely N-dealkylation sites (N-methyl/N-ethyl adjacent to an activating group) is 1. The van der Waals surface area contributed by atoms with E-state index in [0.29, 0.717) is 0 Å². The minimum atomic E-state index is -0.526. The molecule has 3 nitrogen and oxygen atoms in total. The highest BCUT2D eigenvalue weighted by Gasteiger charge is 2.42. The first-order valence-electron chi connectivity index (χ1n) is 7.32. The van der Waals surface area contributed by atoms with Crippen LogP contribution in [-0.4, -0.2) is 32.1 Å². The molecule has 0 saturated heterocycles. The van der Waals surface area contributed by atoms with Gasteiger partial charge in [0.05, 0.1) is 6.07 Å². The van der Waals surface area contributed by atoms with Gasteiger partial charge in [0.1, 0.15) is 5.54 Å². The molecule has 0 spiro atoms. The summed E-state index contributed by atoms with van der Waals surface area (Å²) in [6.45, 7) is 6.31. The summed E-state index contributed by atoms with van der Waals surface area (Å²) in [6.07, 6.45) is 1.91. The fraction of sp³-hybridized carbons (Fsp3) is 0.588. The molecule has 1 aromatic rings. The van der Waals surface area contributed by atoms with Gasteiger partial charge in [0.25, 0.3) is 0 Å². The van der Waals surface area contributed by atoms with Crippen molar-refractivity contribution in [3.8, 4) is 6.07 Å². The molecule has 3 heteroatoms. The summed E-state index contributed by atoms with van der Waals surface area (Å²) in [7, 11) is 4.11. The van der Waals surface area contributed by atoms with Crippen LogP contribution in [0.1, 0.15) is 37.8 Å². The highest BCUT2D eigenvalue weighted by Crippen LogP contribution is 2.44. The monoisotopic (exact) mass is 271 g/mol. The minimum Gasteiger partial charge on any atom is -0.308 e. The molecule has 1 N–H and O–H groups in total. The number of nitrogens with zero attached hydrogens (tertiary/aromatic N) is 2. The van der Waals surface area contributed by atoms with Gasteiger partial charge >= 0.3 is 0 Å². The third-order valence-corrected chi connectivity index (χ3v) is 4.42. The second-order valence-electron chi connectivity index (χ2n) is 6.68. The predicted molar refractivity (Wildman–Crippen MR) is 82.5 cm³/mol. The summed E-state index contributed by atoms with van der Waals surface area (Å²) in [5.74, 6) is 0. The number of hydrogen-bond acceptors (Lipinski definition) is 3. The van der Waals surface area contributed by atoms with Gasteiger partial charge in [0.2, 0.25) is 0 Å². The van der Waals surface area contributed by atoms with Crippen LogP contribution >= 0.6 is 0 Å². The quantitative estimate of drug-likeness (QED) is 0.915. The summed E-state index contributed by atoms with van der Waals surface area (Å²) in [5.41, 5.74) is 2.10. The molecule has 0 fully saturated rings. The lowest BCUT2D eigenvalue weighted by Crippen LogP contribution is -2.48. The zero-order valence-corrected chi connectivity index (χ0v) is 13.0. The van der Waals surface area contributed by atoms with Gasteiger partial charge in [-0.05, 0) is 43.5 Å². The zero-order valence-electron chi connectivity index (χ0n) is 13.0. The van der Waals surface area contributed by atoms with Crippen LogP contribution < -0.4 is 5.32 Å². The second-order valence-corrected chi connectivity index (χ2v) is 6.68. The van der Waals surface area contributed by atoms with E-state index < -0.39 is 5.54 Å². The molecule has 20 heavy (non-hydrogen) atoms. The first kappa shape index (κ1) is 15.0. The van der Waals surface area contributed by atoms with Crippen molar-refractivity contribution in [3.63, 3.8) is 0 Å². The van der Waals surface area contributed by atoms with E-state index >= 15 is 0 Å². The molecule has 0 aromatic heterocycles. The maximum Gasteiger partial charge on any atom is 0.132 e. The summed E-state index contributed by atoms with van der Waals surface area (Å²) in [5, 5.41) is 13.3. The Labute approximate surface area is 122 Å². The standard InChI is InChI=1S/C17H25N3/c1-16(2)9-10-17(13-18,19-11-12-20(3)4)15-8-6-5-7-14(15)16/h5-8,19H,9-12H2,1-4H3. The lowest BCUT2D eigenvalue weighted by molar-refractivity contribution is 0.286. The van der Waals surface area contributed by atoms with E-state index in [1.54, 1.807) is 0 Å². The molecule has 1 aromatic carbocycles. The van der Waals surface area contributed by atoms with Crippen LogP contribution in [0.4, 0.5) is 0 Å². The Bertz CT molecular complexity index is 513. The predicted octanol–water partition coefficient (Wildman–Crippen LogP) is 2.63. The van der Waals surface area contributed by atoms with Crippen molar-refractivity contribution in [2.45, 2.75) is 37.6 Å². The molecule has 0 amide bonds. The Morgan fingerprint density at radius 1 is 1.20 bits per heavy atom. The Hall–Kier alpha value is -1.37. The topological polar surface area (TPSA) is 39.1 Å². The van der Waals surface area contributed by atoms with Gasteiger partial charge in [-0.25, -0.2) is 0 Å². The normalized spacial score (nSPS) is 24.2. The molecule has 0 radical (unpaired) electrons. The smallest absolute Gasteiger partial charge is 0.132 e. The maximum atomic E-state index is 9.80. The van der Waals surface area contributed by atoms with Gasteiger partial charge < -0.3 is 4.90 Å². The summed E-state index contributed by atoms with van der Waals surface area (Å²) >= 11 is 0. The number of nitriles is 1. The molecular weight excluding hydrogens is 246 g/mol. The van der Waals surface area contributed by atoms with Gasteiger partial charge in [-0.2, -0.15) is 5.26 Å². The Kier molecular flexibility index (Phi) is 4.17. The minimum absolute atomic E-state index is 0.153. The average molecular weight is 271 g/mol. The van der Waals surface area contributed by atoms with Gasteiger partial charge in [0.15, 0.2) is 0 Å². The van der Waals surface area contributed by atoms with E-state index in [1.165, 1.54) is 5.56 Å². The van der Waals surface area contributed by atoms with E-state index in [2.05, 4.69) is 62.4 Å². The highest BCUT2D eigenvalue weighted by molar-refractivity contribution is 5.45. The van der Waals surface area contributed by atoms with Crippen molar-refractivity contribution >= 4 is 0 Å². The van der Waals surface area contributed by atoms with Crippen molar-refractivity contribution in [2.24, 2.45) is 0 Å². The van der Waals surface area contributed by atoms with Crippen LogP contribution in [-0.2, 0) is 11.0 Å². The largest absolute Gasteiger partial charge is 0.308 e. The van der Waals surface area contributed by atoms with Crippen molar-refractivity contribution in [1.82, 2.24) is 10.2 Å². The highest BCUT2D eigenvalue weighted by atomic mass is 15.1. The Morgan fingerprint density at radius 2 is 1.85 bits per heavy atom. The SMILES string of the molecule is CN(C)CCNC1(C#N)CCC(C)(C)c2ccccc21. The summed E-state index contributed by atoms with van der Waals surface area (Å²) < 4.78 is 0. The van der Waals surface area contributed by atoms with Crippen molar-refractivity contribution in [3.05, 3.63) is 35.4 Å². The molecule has 108 valence electrons. The Balaban J connectivity index is 2.33. The molecule has 1 unspecified atom stereocenters. The van der Waals surface area contributed by atoms with Gasteiger partial charge in [-0.1, -0.05) is 38.1 Å². The molecule has 1 aliphatic rings. The van der Waals surface area contributed by atoms with E-state index in [9.17, 15) is 5.26 Å². The van der Waals surface area contributed by atoms with E-state index in [4.69, 9.17) is 0 Å². The van der Waals surface area contributed by atoms with Gasteiger partial charge in [-0.3, -0.25) is 5.32 Å². The molecule has 0 saturated carbocycles.